The average molecular weight is 512 g/mol. The second kappa shape index (κ2) is 9.87. The molecule has 3 aromatic rings. The van der Waals surface area contributed by atoms with Gasteiger partial charge in [0.25, 0.3) is 28.9 Å². The lowest BCUT2D eigenvalue weighted by Gasteiger charge is -2.16. The third kappa shape index (κ3) is 4.68. The zero-order valence-corrected chi connectivity index (χ0v) is 20.6. The number of thioether (sulfide) groups is 1. The van der Waals surface area contributed by atoms with Gasteiger partial charge in [0.2, 0.25) is 0 Å². The summed E-state index contributed by atoms with van der Waals surface area (Å²) in [5, 5.41) is 2.30. The number of hydrogen-bond donors (Lipinski definition) is 1. The molecule has 184 valence electrons. The molecule has 1 saturated heterocycles. The molecule has 2 aliphatic rings. The molecular formula is C28H21N3O5S. The first-order valence-electron chi connectivity index (χ1n) is 11.5. The van der Waals surface area contributed by atoms with E-state index in [2.05, 4.69) is 5.32 Å². The van der Waals surface area contributed by atoms with E-state index < -0.39 is 28.9 Å². The number of nitrogens with zero attached hydrogens (tertiary/aromatic N) is 2. The number of rotatable bonds is 6. The Morgan fingerprint density at radius 3 is 2.22 bits per heavy atom. The molecule has 0 radical (unpaired) electrons. The predicted molar refractivity (Wildman–Crippen MR) is 140 cm³/mol. The van der Waals surface area contributed by atoms with E-state index in [1.165, 1.54) is 6.07 Å². The second-order valence-electron chi connectivity index (χ2n) is 8.54. The molecule has 0 aromatic heterocycles. The predicted octanol–water partition coefficient (Wildman–Crippen LogP) is 4.26. The van der Waals surface area contributed by atoms with Crippen molar-refractivity contribution in [1.29, 1.82) is 0 Å². The van der Waals surface area contributed by atoms with Crippen molar-refractivity contribution in [3.05, 3.63) is 106 Å². The van der Waals surface area contributed by atoms with Gasteiger partial charge in [-0.2, -0.15) is 0 Å². The largest absolute Gasteiger partial charge is 0.350 e. The minimum absolute atomic E-state index is 0.0136. The second-order valence-corrected chi connectivity index (χ2v) is 9.53. The van der Waals surface area contributed by atoms with Gasteiger partial charge in [0.1, 0.15) is 0 Å². The van der Waals surface area contributed by atoms with Gasteiger partial charge in [-0.15, -0.1) is 0 Å². The molecule has 0 bridgehead atoms. The Kier molecular flexibility index (Phi) is 6.45. The van der Waals surface area contributed by atoms with Crippen molar-refractivity contribution in [2.45, 2.75) is 6.92 Å². The zero-order valence-electron chi connectivity index (χ0n) is 19.8. The lowest BCUT2D eigenvalue weighted by atomic mass is 10.1. The summed E-state index contributed by atoms with van der Waals surface area (Å²) < 4.78 is 0. The maximum atomic E-state index is 12.8. The van der Waals surface area contributed by atoms with E-state index in [0.29, 0.717) is 16.0 Å². The van der Waals surface area contributed by atoms with Crippen LogP contribution in [-0.2, 0) is 4.79 Å². The van der Waals surface area contributed by atoms with Gasteiger partial charge in [-0.05, 0) is 60.7 Å². The Hall–Kier alpha value is -4.50. The van der Waals surface area contributed by atoms with Crippen molar-refractivity contribution in [1.82, 2.24) is 10.2 Å². The molecule has 2 heterocycles. The molecule has 0 aliphatic carbocycles. The minimum atomic E-state index is -0.458. The van der Waals surface area contributed by atoms with Crippen LogP contribution in [0.15, 0.2) is 77.7 Å². The van der Waals surface area contributed by atoms with E-state index in [-0.39, 0.29) is 24.3 Å². The number of carbonyl (C=O) groups excluding carboxylic acids is 5. The molecular weight excluding hydrogens is 490 g/mol. The van der Waals surface area contributed by atoms with Crippen molar-refractivity contribution in [3.63, 3.8) is 0 Å². The molecule has 1 fully saturated rings. The van der Waals surface area contributed by atoms with Crippen LogP contribution in [0.5, 0.6) is 0 Å². The summed E-state index contributed by atoms with van der Waals surface area (Å²) in [6.07, 6.45) is 1.67. The highest BCUT2D eigenvalue weighted by Gasteiger charge is 2.37. The first-order valence-corrected chi connectivity index (χ1v) is 12.3. The third-order valence-electron chi connectivity index (χ3n) is 6.03. The highest BCUT2D eigenvalue weighted by Crippen LogP contribution is 2.32. The topological polar surface area (TPSA) is 104 Å². The van der Waals surface area contributed by atoms with Gasteiger partial charge >= 0.3 is 0 Å². The number of amides is 5. The Bertz CT molecular complexity index is 1460. The van der Waals surface area contributed by atoms with Crippen LogP contribution in [-0.4, -0.2) is 46.9 Å². The molecule has 9 heteroatoms. The van der Waals surface area contributed by atoms with Crippen LogP contribution in [0.4, 0.5) is 10.5 Å². The smallest absolute Gasteiger partial charge is 0.293 e. The summed E-state index contributed by atoms with van der Waals surface area (Å²) in [6.45, 7) is 2.03. The molecule has 37 heavy (non-hydrogen) atoms. The third-order valence-corrected chi connectivity index (χ3v) is 6.94. The van der Waals surface area contributed by atoms with Crippen LogP contribution in [0.25, 0.3) is 6.08 Å². The highest BCUT2D eigenvalue weighted by molar-refractivity contribution is 8.18. The molecule has 5 rings (SSSR count). The number of anilines is 1. The SMILES string of the molecule is Cc1ccc(/C=C2\SC(=O)N(CCNC(=O)c3cccc(N4C(=O)c5ccccc5C4=O)c3)C2=O)cc1. The van der Waals surface area contributed by atoms with E-state index in [4.69, 9.17) is 0 Å². The molecule has 1 N–H and O–H groups in total. The van der Waals surface area contributed by atoms with Gasteiger partial charge in [0.15, 0.2) is 0 Å². The molecule has 0 saturated carbocycles. The Balaban J connectivity index is 1.22. The minimum Gasteiger partial charge on any atom is -0.350 e. The number of hydrogen-bond acceptors (Lipinski definition) is 6. The molecule has 2 aliphatic heterocycles. The normalized spacial score (nSPS) is 16.1. The van der Waals surface area contributed by atoms with Crippen LogP contribution < -0.4 is 10.2 Å². The van der Waals surface area contributed by atoms with Crippen molar-refractivity contribution in [2.75, 3.05) is 18.0 Å². The van der Waals surface area contributed by atoms with Crippen LogP contribution in [0.3, 0.4) is 0 Å². The standard InChI is InChI=1S/C28H21N3O5S/c1-17-9-11-18(12-10-17)15-23-27(35)30(28(36)37-23)14-13-29-24(32)19-5-4-6-20(16-19)31-25(33)21-7-2-3-8-22(21)26(31)34/h2-12,15-16H,13-14H2,1H3,(H,29,32)/b23-15-. The number of benzene rings is 3. The van der Waals surface area contributed by atoms with Crippen LogP contribution in [0.1, 0.15) is 42.2 Å². The number of imide groups is 2. The Morgan fingerprint density at radius 1 is 0.865 bits per heavy atom. The molecule has 8 nitrogen and oxygen atoms in total. The number of nitrogens with one attached hydrogen (secondary N) is 1. The van der Waals surface area contributed by atoms with Gasteiger partial charge in [0, 0.05) is 18.7 Å². The van der Waals surface area contributed by atoms with Crippen LogP contribution >= 0.6 is 11.8 Å². The summed E-state index contributed by atoms with van der Waals surface area (Å²) >= 11 is 0.864. The Morgan fingerprint density at radius 2 is 1.54 bits per heavy atom. The van der Waals surface area contributed by atoms with Crippen LogP contribution in [0, 0.1) is 6.92 Å². The van der Waals surface area contributed by atoms with Gasteiger partial charge < -0.3 is 5.32 Å². The fourth-order valence-corrected chi connectivity index (χ4v) is 4.97. The van der Waals surface area contributed by atoms with Crippen LogP contribution in [0.2, 0.25) is 0 Å². The van der Waals surface area contributed by atoms with Gasteiger partial charge in [0.05, 0.1) is 21.7 Å². The quantitative estimate of drug-likeness (QED) is 0.392. The molecule has 0 atom stereocenters. The molecule has 5 amide bonds. The lowest BCUT2D eigenvalue weighted by molar-refractivity contribution is -0.122. The van der Waals surface area contributed by atoms with Crippen molar-refractivity contribution in [3.8, 4) is 0 Å². The summed E-state index contributed by atoms with van der Waals surface area (Å²) in [4.78, 5) is 65.8. The van der Waals surface area contributed by atoms with E-state index in [0.717, 1.165) is 32.7 Å². The summed E-state index contributed by atoms with van der Waals surface area (Å²) in [6, 6.07) is 20.3. The summed E-state index contributed by atoms with van der Waals surface area (Å²) in [5.74, 6) is -1.76. The fourth-order valence-electron chi connectivity index (χ4n) is 4.10. The van der Waals surface area contributed by atoms with E-state index in [9.17, 15) is 24.0 Å². The van der Waals surface area contributed by atoms with E-state index in [1.54, 1.807) is 48.5 Å². The number of fused-ring (bicyclic) bond motifs is 1. The molecule has 0 unspecified atom stereocenters. The first-order chi connectivity index (χ1) is 17.8. The molecule has 0 spiro atoms. The summed E-state index contributed by atoms with van der Waals surface area (Å²) in [5.41, 5.74) is 3.07. The van der Waals surface area contributed by atoms with Crippen molar-refractivity contribution in [2.24, 2.45) is 0 Å². The summed E-state index contributed by atoms with van der Waals surface area (Å²) in [7, 11) is 0. The monoisotopic (exact) mass is 511 g/mol. The lowest BCUT2D eigenvalue weighted by Crippen LogP contribution is -2.37. The van der Waals surface area contributed by atoms with E-state index in [1.807, 2.05) is 31.2 Å². The zero-order chi connectivity index (χ0) is 26.1. The van der Waals surface area contributed by atoms with Gasteiger partial charge in [-0.3, -0.25) is 28.9 Å². The number of carbonyl (C=O) groups is 5. The van der Waals surface area contributed by atoms with Gasteiger partial charge in [-0.1, -0.05) is 48.0 Å². The Labute approximate surface area is 216 Å². The van der Waals surface area contributed by atoms with Crippen molar-refractivity contribution >= 4 is 52.4 Å². The van der Waals surface area contributed by atoms with Crippen molar-refractivity contribution < 1.29 is 24.0 Å². The number of aryl methyl sites for hydroxylation is 1. The molecule has 3 aromatic carbocycles. The maximum absolute atomic E-state index is 12.8. The van der Waals surface area contributed by atoms with Gasteiger partial charge in [-0.25, -0.2) is 4.90 Å². The maximum Gasteiger partial charge on any atom is 0.293 e. The average Bonchev–Trinajstić information content (AvgIpc) is 3.32. The van der Waals surface area contributed by atoms with E-state index >= 15 is 0 Å². The first kappa shape index (κ1) is 24.2. The fraction of sp³-hybridized carbons (Fsp3) is 0.107. The highest BCUT2D eigenvalue weighted by atomic mass is 32.2.